The van der Waals surface area contributed by atoms with Crippen molar-refractivity contribution < 1.29 is 22.8 Å². The smallest absolute Gasteiger partial charge is 0.373 e. The Morgan fingerprint density at radius 2 is 1.76 bits per heavy atom. The number of alkyl halides is 5. The van der Waals surface area contributed by atoms with Crippen molar-refractivity contribution in [1.29, 1.82) is 0 Å². The summed E-state index contributed by atoms with van der Waals surface area (Å²) in [4.78, 5) is 13.6. The molecule has 0 radical (unpaired) electrons. The van der Waals surface area contributed by atoms with Gasteiger partial charge < -0.3 is 4.74 Å². The van der Waals surface area contributed by atoms with E-state index in [1.807, 2.05) is 0 Å². The Bertz CT molecular complexity index is 831. The lowest BCUT2D eigenvalue weighted by molar-refractivity contribution is -0.384. The fourth-order valence-corrected chi connectivity index (χ4v) is 2.26. The lowest BCUT2D eigenvalue weighted by Crippen LogP contribution is -2.31. The van der Waals surface area contributed by atoms with E-state index in [0.29, 0.717) is 6.20 Å². The number of rotatable bonds is 5. The maximum atomic E-state index is 13.9. The average molecular weight is 436 g/mol. The van der Waals surface area contributed by atoms with Crippen LogP contribution < -0.4 is 4.74 Å². The van der Waals surface area contributed by atoms with Crippen molar-refractivity contribution in [2.45, 2.75) is 10.5 Å². The van der Waals surface area contributed by atoms with Gasteiger partial charge in [-0.2, -0.15) is 8.78 Å². The Hall–Kier alpha value is -1.48. The summed E-state index contributed by atoms with van der Waals surface area (Å²) in [6.07, 6.45) is 0.657. The van der Waals surface area contributed by atoms with Gasteiger partial charge in [0.2, 0.25) is 5.88 Å². The highest BCUT2D eigenvalue weighted by Crippen LogP contribution is 2.48. The monoisotopic (exact) mass is 434 g/mol. The number of nitrogens with zero attached hydrogens (tertiary/aromatic N) is 2. The largest absolute Gasteiger partial charge is 0.436 e. The van der Waals surface area contributed by atoms with Gasteiger partial charge >= 0.3 is 5.38 Å². The molecule has 0 aliphatic carbocycles. The normalized spacial score (nSPS) is 14.0. The van der Waals surface area contributed by atoms with E-state index < -0.39 is 21.0 Å². The molecule has 2 rings (SSSR count). The topological polar surface area (TPSA) is 65.3 Å². The number of pyridine rings is 1. The summed E-state index contributed by atoms with van der Waals surface area (Å²) in [5.74, 6) is -0.360. The molecule has 134 valence electrons. The van der Waals surface area contributed by atoms with E-state index >= 15 is 0 Å². The van der Waals surface area contributed by atoms with Gasteiger partial charge in [-0.3, -0.25) is 10.1 Å². The first-order chi connectivity index (χ1) is 11.4. The number of hydrogen-bond donors (Lipinski definition) is 0. The van der Waals surface area contributed by atoms with E-state index in [1.54, 1.807) is 0 Å². The summed E-state index contributed by atoms with van der Waals surface area (Å²) in [5.41, 5.74) is -1.07. The van der Waals surface area contributed by atoms with Crippen LogP contribution in [0.1, 0.15) is 5.56 Å². The molecule has 1 aromatic carbocycles. The number of non-ortho nitro benzene ring substituents is 1. The van der Waals surface area contributed by atoms with Crippen LogP contribution in [0.15, 0.2) is 30.5 Å². The van der Waals surface area contributed by atoms with E-state index in [0.717, 1.165) is 18.2 Å². The Balaban J connectivity index is 2.32. The Kier molecular flexibility index (Phi) is 5.58. The summed E-state index contributed by atoms with van der Waals surface area (Å²) in [6, 6.07) is 4.08. The van der Waals surface area contributed by atoms with Crippen LogP contribution >= 0.6 is 46.4 Å². The maximum absolute atomic E-state index is 13.9. The third-order valence-electron chi connectivity index (χ3n) is 2.86. The Morgan fingerprint density at radius 3 is 2.24 bits per heavy atom. The molecule has 1 heterocycles. The van der Waals surface area contributed by atoms with Gasteiger partial charge in [-0.25, -0.2) is 9.37 Å². The molecular weight excluding hydrogens is 431 g/mol. The molecule has 2 aromatic rings. The van der Waals surface area contributed by atoms with Crippen LogP contribution in [0.3, 0.4) is 0 Å². The number of nitro groups is 1. The molecule has 0 saturated heterocycles. The fourth-order valence-electron chi connectivity index (χ4n) is 1.63. The summed E-state index contributed by atoms with van der Waals surface area (Å²) < 4.78 is 45.2. The zero-order chi connectivity index (χ0) is 19.0. The third kappa shape index (κ3) is 4.20. The van der Waals surface area contributed by atoms with Crippen molar-refractivity contribution in [1.82, 2.24) is 4.98 Å². The highest BCUT2D eigenvalue weighted by atomic mass is 35.5. The standard InChI is InChI=1S/C13H5Cl4F3N2O3/c14-8-4-7(22(23)24)1-2-10(8)25-11-9(15)3-6(5-21-11)12(16,18)13(17,19)20/h1-5H. The Labute approximate surface area is 158 Å². The van der Waals surface area contributed by atoms with Crippen LogP contribution in [-0.2, 0) is 5.13 Å². The van der Waals surface area contributed by atoms with Crippen molar-refractivity contribution in [2.24, 2.45) is 0 Å². The molecule has 1 atom stereocenters. The zero-order valence-corrected chi connectivity index (χ0v) is 14.7. The number of hydrogen-bond acceptors (Lipinski definition) is 4. The van der Waals surface area contributed by atoms with Crippen LogP contribution in [0, 0.1) is 10.1 Å². The van der Waals surface area contributed by atoms with Crippen molar-refractivity contribution >= 4 is 52.1 Å². The first-order valence-corrected chi connectivity index (χ1v) is 7.67. The van der Waals surface area contributed by atoms with Gasteiger partial charge in [0.1, 0.15) is 10.8 Å². The van der Waals surface area contributed by atoms with Gasteiger partial charge in [0.25, 0.3) is 10.8 Å². The van der Waals surface area contributed by atoms with Crippen molar-refractivity contribution in [2.75, 3.05) is 0 Å². The van der Waals surface area contributed by atoms with E-state index in [1.165, 1.54) is 6.07 Å². The molecule has 25 heavy (non-hydrogen) atoms. The van der Waals surface area contributed by atoms with E-state index in [9.17, 15) is 23.3 Å². The predicted molar refractivity (Wildman–Crippen MR) is 86.9 cm³/mol. The lowest BCUT2D eigenvalue weighted by atomic mass is 10.2. The number of ether oxygens (including phenoxy) is 1. The highest BCUT2D eigenvalue weighted by Gasteiger charge is 2.54. The molecule has 0 aliphatic rings. The molecule has 1 aromatic heterocycles. The van der Waals surface area contributed by atoms with Gasteiger partial charge in [0, 0.05) is 23.9 Å². The lowest BCUT2D eigenvalue weighted by Gasteiger charge is -2.23. The molecule has 0 aliphatic heterocycles. The van der Waals surface area contributed by atoms with Crippen LogP contribution in [0.4, 0.5) is 18.9 Å². The van der Waals surface area contributed by atoms with Crippen molar-refractivity contribution in [3.63, 3.8) is 0 Å². The first kappa shape index (κ1) is 19.8. The van der Waals surface area contributed by atoms with Crippen LogP contribution in [0.2, 0.25) is 10.0 Å². The maximum Gasteiger partial charge on any atom is 0.373 e. The van der Waals surface area contributed by atoms with Gasteiger partial charge in [-0.1, -0.05) is 34.8 Å². The second-order valence-electron chi connectivity index (χ2n) is 4.56. The van der Waals surface area contributed by atoms with Gasteiger partial charge in [0.05, 0.1) is 9.95 Å². The van der Waals surface area contributed by atoms with Crippen LogP contribution in [0.25, 0.3) is 0 Å². The minimum atomic E-state index is -4.41. The fraction of sp³-hybridized carbons (Fsp3) is 0.154. The Morgan fingerprint density at radius 1 is 1.12 bits per heavy atom. The van der Waals surface area contributed by atoms with Gasteiger partial charge in [-0.15, -0.1) is 0 Å². The number of halogens is 7. The van der Waals surface area contributed by atoms with E-state index in [4.69, 9.17) is 39.5 Å². The highest BCUT2D eigenvalue weighted by molar-refractivity contribution is 6.34. The average Bonchev–Trinajstić information content (AvgIpc) is 2.49. The molecule has 5 nitrogen and oxygen atoms in total. The predicted octanol–water partition coefficient (Wildman–Crippen LogP) is 6.28. The molecule has 1 unspecified atom stereocenters. The SMILES string of the molecule is O=[N+]([O-])c1ccc(Oc2ncc(C(F)(Cl)C(F)(F)Cl)cc2Cl)c(Cl)c1. The second-order valence-corrected chi connectivity index (χ2v) is 6.37. The molecule has 0 N–H and O–H groups in total. The molecule has 0 spiro atoms. The van der Waals surface area contributed by atoms with Crippen molar-refractivity contribution in [3.8, 4) is 11.6 Å². The molecular formula is C13H5Cl4F3N2O3. The summed E-state index contributed by atoms with van der Waals surface area (Å²) in [5, 5.41) is 2.00. The quantitative estimate of drug-likeness (QED) is 0.315. The first-order valence-electron chi connectivity index (χ1n) is 6.16. The summed E-state index contributed by atoms with van der Waals surface area (Å²) in [7, 11) is 0. The second kappa shape index (κ2) is 7.03. The molecule has 0 fully saturated rings. The van der Waals surface area contributed by atoms with E-state index in [2.05, 4.69) is 16.6 Å². The summed E-state index contributed by atoms with van der Waals surface area (Å²) >= 11 is 21.4. The van der Waals surface area contributed by atoms with Crippen molar-refractivity contribution in [3.05, 3.63) is 56.2 Å². The number of aromatic nitrogens is 1. The third-order valence-corrected chi connectivity index (χ3v) is 4.24. The van der Waals surface area contributed by atoms with E-state index in [-0.39, 0.29) is 27.4 Å². The van der Waals surface area contributed by atoms with Gasteiger partial charge in [0.15, 0.2) is 0 Å². The van der Waals surface area contributed by atoms with Gasteiger partial charge in [-0.05, 0) is 23.7 Å². The minimum Gasteiger partial charge on any atom is -0.436 e. The molecule has 0 bridgehead atoms. The number of nitro benzene ring substituents is 1. The van der Waals surface area contributed by atoms with Crippen LogP contribution in [-0.4, -0.2) is 15.3 Å². The molecule has 12 heteroatoms. The van der Waals surface area contributed by atoms with Crippen LogP contribution in [0.5, 0.6) is 11.6 Å². The molecule has 0 amide bonds. The number of benzene rings is 1. The molecule has 0 saturated carbocycles. The minimum absolute atomic E-state index is 0.0468. The zero-order valence-electron chi connectivity index (χ0n) is 11.7. The summed E-state index contributed by atoms with van der Waals surface area (Å²) in [6.45, 7) is 0.